The minimum Gasteiger partial charge on any atom is -0.363 e. The van der Waals surface area contributed by atoms with Crippen LogP contribution in [0.25, 0.3) is 0 Å². The summed E-state index contributed by atoms with van der Waals surface area (Å²) in [5, 5.41) is 14.8. The molecule has 3 atom stereocenters. The van der Waals surface area contributed by atoms with Crippen molar-refractivity contribution in [2.45, 2.75) is 17.9 Å². The maximum atomic E-state index is 13.8. The fourth-order valence-corrected chi connectivity index (χ4v) is 3.33. The van der Waals surface area contributed by atoms with Gasteiger partial charge in [-0.15, -0.1) is 0 Å². The highest BCUT2D eigenvalue weighted by Gasteiger charge is 2.66. The van der Waals surface area contributed by atoms with Crippen molar-refractivity contribution < 1.29 is 27.9 Å². The number of amides is 2. The highest BCUT2D eigenvalue weighted by atomic mass is 35.5. The Balaban J connectivity index is 2.15. The first-order valence-corrected chi connectivity index (χ1v) is 8.71. The van der Waals surface area contributed by atoms with Gasteiger partial charge in [-0.25, -0.2) is 4.79 Å². The Morgan fingerprint density at radius 1 is 1.00 bits per heavy atom. The molecule has 1 fully saturated rings. The first-order valence-electron chi connectivity index (χ1n) is 7.96. The molecule has 0 aromatic heterocycles. The number of hydrogen-bond donors (Lipinski definition) is 3. The third kappa shape index (κ3) is 3.67. The molecule has 2 aromatic rings. The lowest BCUT2D eigenvalue weighted by molar-refractivity contribution is -0.287. The summed E-state index contributed by atoms with van der Waals surface area (Å²) in [6, 6.07) is 8.01. The highest BCUT2D eigenvalue weighted by molar-refractivity contribution is 6.30. The van der Waals surface area contributed by atoms with Gasteiger partial charge < -0.3 is 15.7 Å². The van der Waals surface area contributed by atoms with Crippen LogP contribution in [0.4, 0.5) is 18.0 Å². The fourth-order valence-electron chi connectivity index (χ4n) is 3.08. The van der Waals surface area contributed by atoms with Crippen LogP contribution >= 0.6 is 23.2 Å². The summed E-state index contributed by atoms with van der Waals surface area (Å²) in [5.74, 6) is -3.13. The molecule has 1 aliphatic heterocycles. The Hall–Kier alpha value is -2.29. The molecular formula is C18H13Cl2F3N2O3. The second-order valence-corrected chi connectivity index (χ2v) is 7.11. The first kappa shape index (κ1) is 20.4. The zero-order valence-electron chi connectivity index (χ0n) is 13.9. The third-order valence-electron chi connectivity index (χ3n) is 4.45. The standard InChI is InChI=1S/C18H13Cl2F3N2O3/c19-11-5-1-9(2-6-11)14-13(15(26)10-3-7-12(20)8-4-10)17(28,18(21,22)23)25-16(27)24-14/h1-8,13-14,28H,(H2,24,25,27)/t13-,14-,17+/m0/s1. The monoisotopic (exact) mass is 432 g/mol. The van der Waals surface area contributed by atoms with Gasteiger partial charge in [0.15, 0.2) is 5.78 Å². The van der Waals surface area contributed by atoms with E-state index in [1.807, 2.05) is 0 Å². The summed E-state index contributed by atoms with van der Waals surface area (Å²) in [6.07, 6.45) is -5.32. The largest absolute Gasteiger partial charge is 0.437 e. The van der Waals surface area contributed by atoms with Gasteiger partial charge in [0.05, 0.1) is 6.04 Å². The minimum absolute atomic E-state index is 0.103. The van der Waals surface area contributed by atoms with Gasteiger partial charge >= 0.3 is 12.2 Å². The van der Waals surface area contributed by atoms with E-state index < -0.39 is 35.7 Å². The number of ketones is 1. The smallest absolute Gasteiger partial charge is 0.363 e. The number of aliphatic hydroxyl groups is 1. The van der Waals surface area contributed by atoms with Crippen LogP contribution in [0.5, 0.6) is 0 Å². The number of urea groups is 1. The lowest BCUT2D eigenvalue weighted by Gasteiger charge is -2.45. The SMILES string of the molecule is O=C1N[C@@H](c2ccc(Cl)cc2)[C@@H](C(=O)c2ccc(Cl)cc2)[C@@](O)(C(F)(F)F)N1. The van der Waals surface area contributed by atoms with E-state index in [0.717, 1.165) is 0 Å². The second-order valence-electron chi connectivity index (χ2n) is 6.24. The quantitative estimate of drug-likeness (QED) is 0.638. The minimum atomic E-state index is -5.32. The van der Waals surface area contributed by atoms with Gasteiger partial charge in [0.1, 0.15) is 5.92 Å². The van der Waals surface area contributed by atoms with E-state index in [9.17, 15) is 27.9 Å². The Morgan fingerprint density at radius 3 is 2.00 bits per heavy atom. The molecule has 0 radical (unpaired) electrons. The summed E-state index contributed by atoms with van der Waals surface area (Å²) in [7, 11) is 0. The summed E-state index contributed by atoms with van der Waals surface area (Å²) < 4.78 is 41.3. The number of halogens is 5. The molecule has 0 aliphatic carbocycles. The molecule has 10 heteroatoms. The highest BCUT2D eigenvalue weighted by Crippen LogP contribution is 2.44. The average Bonchev–Trinajstić information content (AvgIpc) is 2.61. The van der Waals surface area contributed by atoms with Crippen molar-refractivity contribution in [2.75, 3.05) is 0 Å². The van der Waals surface area contributed by atoms with E-state index in [2.05, 4.69) is 5.32 Å². The molecule has 28 heavy (non-hydrogen) atoms. The van der Waals surface area contributed by atoms with Gasteiger partial charge in [-0.05, 0) is 42.0 Å². The van der Waals surface area contributed by atoms with E-state index in [1.165, 1.54) is 53.8 Å². The number of rotatable bonds is 3. The predicted molar refractivity (Wildman–Crippen MR) is 96.1 cm³/mol. The van der Waals surface area contributed by atoms with Gasteiger partial charge in [0.25, 0.3) is 0 Å². The molecule has 1 saturated heterocycles. The van der Waals surface area contributed by atoms with Crippen molar-refractivity contribution in [3.63, 3.8) is 0 Å². The number of carbonyl (C=O) groups excluding carboxylic acids is 2. The first-order chi connectivity index (χ1) is 13.0. The number of nitrogens with one attached hydrogen (secondary N) is 2. The Morgan fingerprint density at radius 2 is 1.50 bits per heavy atom. The average molecular weight is 433 g/mol. The molecule has 0 bridgehead atoms. The Kier molecular flexibility index (Phi) is 5.31. The van der Waals surface area contributed by atoms with Crippen molar-refractivity contribution in [3.05, 3.63) is 69.7 Å². The summed E-state index contributed by atoms with van der Waals surface area (Å²) in [6.45, 7) is 0. The van der Waals surface area contributed by atoms with Crippen LogP contribution in [0.2, 0.25) is 10.0 Å². The van der Waals surface area contributed by atoms with Crippen LogP contribution in [0.15, 0.2) is 48.5 Å². The molecule has 148 valence electrons. The van der Waals surface area contributed by atoms with Crippen molar-refractivity contribution in [2.24, 2.45) is 5.92 Å². The van der Waals surface area contributed by atoms with Crippen molar-refractivity contribution in [1.29, 1.82) is 0 Å². The molecule has 1 aliphatic rings. The van der Waals surface area contributed by atoms with Crippen LogP contribution < -0.4 is 10.6 Å². The lowest BCUT2D eigenvalue weighted by Crippen LogP contribution is -2.72. The maximum Gasteiger partial charge on any atom is 0.437 e. The summed E-state index contributed by atoms with van der Waals surface area (Å²) >= 11 is 11.6. The molecular weight excluding hydrogens is 420 g/mol. The molecule has 0 unspecified atom stereocenters. The number of alkyl halides is 3. The third-order valence-corrected chi connectivity index (χ3v) is 4.95. The van der Waals surface area contributed by atoms with Gasteiger partial charge in [-0.2, -0.15) is 13.2 Å². The van der Waals surface area contributed by atoms with Gasteiger partial charge in [0, 0.05) is 15.6 Å². The van der Waals surface area contributed by atoms with E-state index in [1.54, 1.807) is 0 Å². The van der Waals surface area contributed by atoms with E-state index in [-0.39, 0.29) is 16.1 Å². The zero-order valence-corrected chi connectivity index (χ0v) is 15.4. The molecule has 5 nitrogen and oxygen atoms in total. The maximum absolute atomic E-state index is 13.8. The van der Waals surface area contributed by atoms with Crippen molar-refractivity contribution in [3.8, 4) is 0 Å². The predicted octanol–water partition coefficient (Wildman–Crippen LogP) is 4.10. The fraction of sp³-hybridized carbons (Fsp3) is 0.222. The number of hydrogen-bond acceptors (Lipinski definition) is 3. The molecule has 2 amide bonds. The molecule has 0 saturated carbocycles. The van der Waals surface area contributed by atoms with Crippen LogP contribution in [0.3, 0.4) is 0 Å². The normalized spacial score (nSPS) is 25.0. The number of benzene rings is 2. The number of carbonyl (C=O) groups is 2. The summed E-state index contributed by atoms with van der Waals surface area (Å²) in [4.78, 5) is 24.9. The van der Waals surface area contributed by atoms with Crippen molar-refractivity contribution >= 4 is 35.0 Å². The van der Waals surface area contributed by atoms with Crippen LogP contribution in [0, 0.1) is 5.92 Å². The summed E-state index contributed by atoms with van der Waals surface area (Å²) in [5.41, 5.74) is -3.71. The van der Waals surface area contributed by atoms with Crippen LogP contribution in [-0.4, -0.2) is 28.8 Å². The Bertz CT molecular complexity index is 904. The van der Waals surface area contributed by atoms with E-state index in [4.69, 9.17) is 23.2 Å². The van der Waals surface area contributed by atoms with Gasteiger partial charge in [-0.1, -0.05) is 35.3 Å². The van der Waals surface area contributed by atoms with Gasteiger partial charge in [-0.3, -0.25) is 4.79 Å². The molecule has 3 rings (SSSR count). The number of Topliss-reactive ketones (excluding diaryl/α,β-unsaturated/α-hetero) is 1. The topological polar surface area (TPSA) is 78.4 Å². The van der Waals surface area contributed by atoms with E-state index in [0.29, 0.717) is 5.02 Å². The molecule has 1 heterocycles. The zero-order chi connectivity index (χ0) is 20.7. The van der Waals surface area contributed by atoms with Crippen molar-refractivity contribution in [1.82, 2.24) is 10.6 Å². The van der Waals surface area contributed by atoms with Crippen LogP contribution in [0.1, 0.15) is 22.0 Å². The van der Waals surface area contributed by atoms with E-state index >= 15 is 0 Å². The molecule has 0 spiro atoms. The van der Waals surface area contributed by atoms with Gasteiger partial charge in [0.2, 0.25) is 5.72 Å². The van der Waals surface area contributed by atoms with Crippen LogP contribution in [-0.2, 0) is 0 Å². The Labute approximate surface area is 167 Å². The molecule has 2 aromatic carbocycles. The lowest BCUT2D eigenvalue weighted by atomic mass is 9.77. The second kappa shape index (κ2) is 7.27. The molecule has 3 N–H and O–H groups in total.